The van der Waals surface area contributed by atoms with Crippen molar-refractivity contribution in [1.29, 1.82) is 0 Å². The number of rotatable bonds is 4. The van der Waals surface area contributed by atoms with Crippen LogP contribution in [0.3, 0.4) is 0 Å². The summed E-state index contributed by atoms with van der Waals surface area (Å²) in [6.07, 6.45) is 7.44. The summed E-state index contributed by atoms with van der Waals surface area (Å²) in [6.45, 7) is 6.76. The SMILES string of the molecule is CCC(CC)NC1CCC=C1C. The Labute approximate surface area is 76.2 Å². The van der Waals surface area contributed by atoms with Crippen LogP contribution in [0.25, 0.3) is 0 Å². The summed E-state index contributed by atoms with van der Waals surface area (Å²) in [6, 6.07) is 1.39. The van der Waals surface area contributed by atoms with Gasteiger partial charge in [-0.05, 0) is 32.6 Å². The molecule has 70 valence electrons. The molecule has 0 spiro atoms. The summed E-state index contributed by atoms with van der Waals surface area (Å²) in [5.74, 6) is 0. The molecular formula is C11H21N. The van der Waals surface area contributed by atoms with Crippen LogP contribution in [0, 0.1) is 0 Å². The molecule has 1 aliphatic carbocycles. The maximum Gasteiger partial charge on any atom is 0.0282 e. The molecule has 0 bridgehead atoms. The van der Waals surface area contributed by atoms with Gasteiger partial charge in [0, 0.05) is 12.1 Å². The maximum atomic E-state index is 3.70. The highest BCUT2D eigenvalue weighted by Crippen LogP contribution is 2.19. The molecule has 12 heavy (non-hydrogen) atoms. The van der Waals surface area contributed by atoms with Crippen molar-refractivity contribution >= 4 is 0 Å². The van der Waals surface area contributed by atoms with Crippen molar-refractivity contribution in [3.05, 3.63) is 11.6 Å². The first-order valence-corrected chi connectivity index (χ1v) is 5.20. The highest BCUT2D eigenvalue weighted by atomic mass is 14.9. The van der Waals surface area contributed by atoms with Crippen LogP contribution in [0.15, 0.2) is 11.6 Å². The van der Waals surface area contributed by atoms with E-state index >= 15 is 0 Å². The number of allylic oxidation sites excluding steroid dienone is 1. The summed E-state index contributed by atoms with van der Waals surface area (Å²) >= 11 is 0. The zero-order chi connectivity index (χ0) is 8.97. The molecule has 0 fully saturated rings. The summed E-state index contributed by atoms with van der Waals surface area (Å²) in [7, 11) is 0. The van der Waals surface area contributed by atoms with Crippen LogP contribution in [-0.2, 0) is 0 Å². The van der Waals surface area contributed by atoms with Gasteiger partial charge in [0.2, 0.25) is 0 Å². The van der Waals surface area contributed by atoms with Crippen molar-refractivity contribution in [2.75, 3.05) is 0 Å². The highest BCUT2D eigenvalue weighted by Gasteiger charge is 2.17. The fourth-order valence-corrected chi connectivity index (χ4v) is 1.87. The minimum atomic E-state index is 0.676. The van der Waals surface area contributed by atoms with E-state index in [1.54, 1.807) is 5.57 Å². The molecule has 1 unspecified atom stereocenters. The first-order chi connectivity index (χ1) is 5.77. The molecular weight excluding hydrogens is 146 g/mol. The van der Waals surface area contributed by atoms with Gasteiger partial charge in [-0.15, -0.1) is 0 Å². The number of nitrogens with one attached hydrogen (secondary N) is 1. The Balaban J connectivity index is 2.34. The van der Waals surface area contributed by atoms with Gasteiger partial charge >= 0.3 is 0 Å². The topological polar surface area (TPSA) is 12.0 Å². The molecule has 1 atom stereocenters. The fourth-order valence-electron chi connectivity index (χ4n) is 1.87. The lowest BCUT2D eigenvalue weighted by molar-refractivity contribution is 0.433. The third-order valence-electron chi connectivity index (χ3n) is 2.89. The van der Waals surface area contributed by atoms with Gasteiger partial charge in [0.25, 0.3) is 0 Å². The first kappa shape index (κ1) is 9.79. The van der Waals surface area contributed by atoms with Crippen molar-refractivity contribution < 1.29 is 0 Å². The minimum absolute atomic E-state index is 0.676. The first-order valence-electron chi connectivity index (χ1n) is 5.20. The monoisotopic (exact) mass is 167 g/mol. The lowest BCUT2D eigenvalue weighted by atomic mass is 10.1. The minimum Gasteiger partial charge on any atom is -0.308 e. The lowest BCUT2D eigenvalue weighted by Crippen LogP contribution is -2.36. The molecule has 0 heterocycles. The summed E-state index contributed by atoms with van der Waals surface area (Å²) in [5, 5.41) is 3.70. The average molecular weight is 167 g/mol. The Kier molecular flexibility index (Phi) is 3.80. The molecule has 1 heteroatoms. The third-order valence-corrected chi connectivity index (χ3v) is 2.89. The van der Waals surface area contributed by atoms with Crippen LogP contribution in [0.5, 0.6) is 0 Å². The smallest absolute Gasteiger partial charge is 0.0282 e. The molecule has 1 N–H and O–H groups in total. The molecule has 0 saturated heterocycles. The van der Waals surface area contributed by atoms with Crippen LogP contribution < -0.4 is 5.32 Å². The Morgan fingerprint density at radius 1 is 1.50 bits per heavy atom. The van der Waals surface area contributed by atoms with E-state index in [1.807, 2.05) is 0 Å². The van der Waals surface area contributed by atoms with Gasteiger partial charge in [0.05, 0.1) is 0 Å². The quantitative estimate of drug-likeness (QED) is 0.635. The standard InChI is InChI=1S/C11H21N/c1-4-10(5-2)12-11-8-6-7-9(11)3/h7,10-12H,4-6,8H2,1-3H3. The molecule has 0 aromatic heterocycles. The van der Waals surface area contributed by atoms with E-state index in [9.17, 15) is 0 Å². The van der Waals surface area contributed by atoms with Crippen LogP contribution in [0.4, 0.5) is 0 Å². The molecule has 1 nitrogen and oxygen atoms in total. The van der Waals surface area contributed by atoms with Gasteiger partial charge in [0.1, 0.15) is 0 Å². The van der Waals surface area contributed by atoms with E-state index in [0.717, 1.165) is 6.04 Å². The highest BCUT2D eigenvalue weighted by molar-refractivity contribution is 5.14. The van der Waals surface area contributed by atoms with Gasteiger partial charge in [-0.3, -0.25) is 0 Å². The lowest BCUT2D eigenvalue weighted by Gasteiger charge is -2.21. The largest absolute Gasteiger partial charge is 0.308 e. The van der Waals surface area contributed by atoms with E-state index in [1.165, 1.54) is 25.7 Å². The molecule has 0 radical (unpaired) electrons. The Bertz CT molecular complexity index is 156. The van der Waals surface area contributed by atoms with Gasteiger partial charge in [-0.25, -0.2) is 0 Å². The van der Waals surface area contributed by atoms with Crippen molar-refractivity contribution in [3.8, 4) is 0 Å². The van der Waals surface area contributed by atoms with Crippen molar-refractivity contribution in [2.45, 2.75) is 58.5 Å². The predicted octanol–water partition coefficient (Wildman–Crippen LogP) is 2.87. The molecule has 0 saturated carbocycles. The average Bonchev–Trinajstić information content (AvgIpc) is 2.47. The van der Waals surface area contributed by atoms with Gasteiger partial charge < -0.3 is 5.32 Å². The second kappa shape index (κ2) is 4.66. The molecule has 1 rings (SSSR count). The van der Waals surface area contributed by atoms with E-state index in [4.69, 9.17) is 0 Å². The summed E-state index contributed by atoms with van der Waals surface area (Å²) in [5.41, 5.74) is 1.54. The van der Waals surface area contributed by atoms with Crippen molar-refractivity contribution in [1.82, 2.24) is 5.32 Å². The summed E-state index contributed by atoms with van der Waals surface area (Å²) < 4.78 is 0. The van der Waals surface area contributed by atoms with Crippen LogP contribution in [0.2, 0.25) is 0 Å². The van der Waals surface area contributed by atoms with Gasteiger partial charge in [-0.1, -0.05) is 25.5 Å². The molecule has 0 aliphatic heterocycles. The Morgan fingerprint density at radius 3 is 2.58 bits per heavy atom. The second-order valence-electron chi connectivity index (χ2n) is 3.76. The Morgan fingerprint density at radius 2 is 2.17 bits per heavy atom. The van der Waals surface area contributed by atoms with Crippen LogP contribution in [-0.4, -0.2) is 12.1 Å². The molecule has 0 amide bonds. The van der Waals surface area contributed by atoms with Crippen LogP contribution in [0.1, 0.15) is 46.5 Å². The summed E-state index contributed by atoms with van der Waals surface area (Å²) in [4.78, 5) is 0. The van der Waals surface area contributed by atoms with E-state index < -0.39 is 0 Å². The predicted molar refractivity (Wildman–Crippen MR) is 54.3 cm³/mol. The second-order valence-corrected chi connectivity index (χ2v) is 3.76. The van der Waals surface area contributed by atoms with E-state index in [-0.39, 0.29) is 0 Å². The zero-order valence-electron chi connectivity index (χ0n) is 8.56. The fraction of sp³-hybridized carbons (Fsp3) is 0.818. The van der Waals surface area contributed by atoms with E-state index in [2.05, 4.69) is 32.2 Å². The maximum absolute atomic E-state index is 3.70. The Hall–Kier alpha value is -0.300. The van der Waals surface area contributed by atoms with Crippen molar-refractivity contribution in [2.24, 2.45) is 0 Å². The molecule has 0 aromatic rings. The van der Waals surface area contributed by atoms with E-state index in [0.29, 0.717) is 6.04 Å². The third kappa shape index (κ3) is 2.34. The number of hydrogen-bond acceptors (Lipinski definition) is 1. The number of hydrogen-bond donors (Lipinski definition) is 1. The van der Waals surface area contributed by atoms with Crippen LogP contribution >= 0.6 is 0 Å². The molecule has 1 aliphatic rings. The molecule has 0 aromatic carbocycles. The zero-order valence-corrected chi connectivity index (χ0v) is 8.56. The van der Waals surface area contributed by atoms with Crippen molar-refractivity contribution in [3.63, 3.8) is 0 Å². The normalized spacial score (nSPS) is 23.3. The van der Waals surface area contributed by atoms with Gasteiger partial charge in [0.15, 0.2) is 0 Å². The van der Waals surface area contributed by atoms with Gasteiger partial charge in [-0.2, -0.15) is 0 Å².